The number of aromatic nitrogens is 1. The molecule has 0 aliphatic carbocycles. The molecular formula is C20H18F3N5O4. The molecule has 12 heteroatoms. The van der Waals surface area contributed by atoms with E-state index in [4.69, 9.17) is 5.73 Å². The summed E-state index contributed by atoms with van der Waals surface area (Å²) < 4.78 is 41.4. The molecule has 1 atom stereocenters. The number of pyridine rings is 1. The first-order chi connectivity index (χ1) is 15.0. The topological polar surface area (TPSA) is 132 Å². The molecule has 3 heterocycles. The largest absolute Gasteiger partial charge is 0.615 e. The molecule has 2 aliphatic heterocycles. The first-order valence-electron chi connectivity index (χ1n) is 9.48. The average molecular weight is 449 g/mol. The number of carboxylic acids is 1. The molecule has 4 N–H and O–H groups in total. The fourth-order valence-electron chi connectivity index (χ4n) is 4.06. The van der Waals surface area contributed by atoms with Gasteiger partial charge in [-0.2, -0.15) is 9.37 Å². The van der Waals surface area contributed by atoms with Crippen molar-refractivity contribution in [1.29, 1.82) is 0 Å². The van der Waals surface area contributed by atoms with Crippen LogP contribution in [0.5, 0.6) is 0 Å². The lowest BCUT2D eigenvalue weighted by atomic mass is 9.92. The number of halogens is 3. The summed E-state index contributed by atoms with van der Waals surface area (Å²) in [6.07, 6.45) is 0.455. The van der Waals surface area contributed by atoms with Crippen LogP contribution in [0, 0.1) is 29.6 Å². The Labute approximate surface area is 179 Å². The van der Waals surface area contributed by atoms with Crippen molar-refractivity contribution in [1.82, 2.24) is 14.9 Å². The maximum atomic E-state index is 15.0. The number of nitrogens with zero attached hydrogens (tertiary/aromatic N) is 3. The summed E-state index contributed by atoms with van der Waals surface area (Å²) in [7, 11) is 1.74. The predicted molar refractivity (Wildman–Crippen MR) is 110 cm³/mol. The Morgan fingerprint density at radius 1 is 1.28 bits per heavy atom. The predicted octanol–water partition coefficient (Wildman–Crippen LogP) is 2.10. The van der Waals surface area contributed by atoms with Crippen LogP contribution < -0.4 is 20.6 Å². The van der Waals surface area contributed by atoms with Crippen molar-refractivity contribution < 1.29 is 27.9 Å². The molecule has 1 unspecified atom stereocenters. The van der Waals surface area contributed by atoms with Gasteiger partial charge in [0.1, 0.15) is 12.0 Å². The molecular weight excluding hydrogens is 431 g/mol. The second-order valence-corrected chi connectivity index (χ2v) is 7.61. The lowest BCUT2D eigenvalue weighted by molar-refractivity contribution is -0.132. The van der Waals surface area contributed by atoms with Gasteiger partial charge in [-0.1, -0.05) is 0 Å². The number of anilines is 2. The molecule has 2 aromatic rings. The number of fused-ring (bicyclic) bond motifs is 1. The van der Waals surface area contributed by atoms with Crippen molar-refractivity contribution in [3.8, 4) is 0 Å². The van der Waals surface area contributed by atoms with Crippen LogP contribution >= 0.6 is 0 Å². The van der Waals surface area contributed by atoms with Gasteiger partial charge < -0.3 is 26.3 Å². The molecule has 0 radical (unpaired) electrons. The van der Waals surface area contributed by atoms with E-state index in [1.165, 1.54) is 6.92 Å². The van der Waals surface area contributed by atoms with Crippen molar-refractivity contribution in [2.75, 3.05) is 30.8 Å². The number of nitrogens with one attached hydrogen (secondary N) is 1. The highest BCUT2D eigenvalue weighted by molar-refractivity contribution is 6.27. The summed E-state index contributed by atoms with van der Waals surface area (Å²) in [6, 6.07) is 1.18. The number of rotatable bonds is 4. The highest BCUT2D eigenvalue weighted by Crippen LogP contribution is 2.48. The van der Waals surface area contributed by atoms with E-state index in [9.17, 15) is 28.7 Å². The molecule has 0 saturated carbocycles. The number of aliphatic carboxylic acids is 1. The van der Waals surface area contributed by atoms with E-state index in [1.54, 1.807) is 11.9 Å². The van der Waals surface area contributed by atoms with Gasteiger partial charge in [-0.15, -0.1) is 0 Å². The van der Waals surface area contributed by atoms with Crippen LogP contribution in [-0.2, 0) is 4.79 Å². The number of nitrogen functional groups attached to an aromatic ring is 1. The summed E-state index contributed by atoms with van der Waals surface area (Å²) >= 11 is 0. The zero-order valence-electron chi connectivity index (χ0n) is 16.9. The molecule has 1 saturated heterocycles. The minimum Gasteiger partial charge on any atom is -0.615 e. The van der Waals surface area contributed by atoms with Gasteiger partial charge in [0.25, 0.3) is 5.82 Å². The van der Waals surface area contributed by atoms with Gasteiger partial charge in [-0.05, 0) is 20.0 Å². The fraction of sp³-hybridized carbons (Fsp3) is 0.250. The van der Waals surface area contributed by atoms with Gasteiger partial charge in [-0.3, -0.25) is 4.79 Å². The smallest absolute Gasteiger partial charge is 0.345 e. The first-order valence-corrected chi connectivity index (χ1v) is 9.48. The lowest BCUT2D eigenvalue weighted by Crippen LogP contribution is -2.57. The van der Waals surface area contributed by atoms with E-state index in [1.807, 2.05) is 0 Å². The Morgan fingerprint density at radius 3 is 2.53 bits per heavy atom. The third-order valence-electron chi connectivity index (χ3n) is 5.68. The van der Waals surface area contributed by atoms with Crippen molar-refractivity contribution in [3.63, 3.8) is 0 Å². The van der Waals surface area contributed by atoms with Crippen LogP contribution in [-0.4, -0.2) is 48.0 Å². The highest BCUT2D eigenvalue weighted by Gasteiger charge is 2.45. The molecule has 2 aliphatic rings. The standard InChI is InChI=1S/C20H18F3N5O4/c1-8-15(27-5-9(6-27)25-2)12(21)3-10-16(8)28(32,7-11(17(10)29)20(30)31)19-14(23)4-13(22)18(24)26-19/h3-4,7,9,25H,5-6H2,1-2H3,(H2,24,26)(H,30,31). The van der Waals surface area contributed by atoms with E-state index in [2.05, 4.69) is 10.3 Å². The minimum atomic E-state index is -2.00. The monoisotopic (exact) mass is 449 g/mol. The number of benzene rings is 1. The number of carboxylic acid groups (broad SMARTS) is 1. The van der Waals surface area contributed by atoms with Gasteiger partial charge in [0.05, 0.1) is 11.3 Å². The number of ketones is 1. The summed E-state index contributed by atoms with van der Waals surface area (Å²) in [6.45, 7) is 2.19. The minimum absolute atomic E-state index is 0.00249. The number of hydroxylamine groups is 1. The second kappa shape index (κ2) is 7.29. The summed E-state index contributed by atoms with van der Waals surface area (Å²) in [4.78, 5) is 29.5. The third kappa shape index (κ3) is 3.03. The van der Waals surface area contributed by atoms with E-state index in [0.29, 0.717) is 25.4 Å². The van der Waals surface area contributed by atoms with Crippen LogP contribution in [0.1, 0.15) is 15.9 Å². The Balaban J connectivity index is 2.02. The summed E-state index contributed by atoms with van der Waals surface area (Å²) in [5, 5.41) is 26.5. The molecule has 32 heavy (non-hydrogen) atoms. The number of hydrogen-bond donors (Lipinski definition) is 3. The zero-order chi connectivity index (χ0) is 23.5. The Morgan fingerprint density at radius 2 is 1.94 bits per heavy atom. The number of carbonyl (C=O) groups excluding carboxylic acids is 1. The van der Waals surface area contributed by atoms with Gasteiger partial charge >= 0.3 is 5.97 Å². The fourth-order valence-corrected chi connectivity index (χ4v) is 4.06. The maximum absolute atomic E-state index is 15.0. The number of nitrogens with two attached hydrogens (primary N) is 1. The quantitative estimate of drug-likeness (QED) is 0.367. The SMILES string of the molecule is CNC1CN(c2c(F)cc3c(c2C)[N+]([O-])(c2nc(N)c(F)cc2F)C=C(C(=O)O)C3=O)C1. The van der Waals surface area contributed by atoms with Crippen molar-refractivity contribution in [2.45, 2.75) is 13.0 Å². The van der Waals surface area contributed by atoms with Crippen LogP contribution in [0.3, 0.4) is 0 Å². The second-order valence-electron chi connectivity index (χ2n) is 7.61. The van der Waals surface area contributed by atoms with E-state index in [-0.39, 0.29) is 17.3 Å². The Kier molecular flexibility index (Phi) is 4.95. The van der Waals surface area contributed by atoms with Crippen LogP contribution in [0.15, 0.2) is 23.9 Å². The number of likely N-dealkylation sites (N-methyl/N-ethyl adjacent to an activating group) is 1. The lowest BCUT2D eigenvalue weighted by Gasteiger charge is -2.45. The molecule has 0 amide bonds. The molecule has 4 rings (SSSR count). The third-order valence-corrected chi connectivity index (χ3v) is 5.68. The molecule has 1 fully saturated rings. The van der Waals surface area contributed by atoms with Gasteiger partial charge in [0.2, 0.25) is 11.6 Å². The molecule has 9 nitrogen and oxygen atoms in total. The van der Waals surface area contributed by atoms with Gasteiger partial charge in [0, 0.05) is 30.8 Å². The maximum Gasteiger partial charge on any atom is 0.345 e. The van der Waals surface area contributed by atoms with E-state index >= 15 is 4.39 Å². The summed E-state index contributed by atoms with van der Waals surface area (Å²) in [5.74, 6) is -8.11. The highest BCUT2D eigenvalue weighted by atomic mass is 19.1. The van der Waals surface area contributed by atoms with Crippen molar-refractivity contribution in [2.24, 2.45) is 0 Å². The van der Waals surface area contributed by atoms with Crippen LogP contribution in [0.2, 0.25) is 0 Å². The summed E-state index contributed by atoms with van der Waals surface area (Å²) in [5.41, 5.74) is 3.48. The number of quaternary nitrogens is 1. The van der Waals surface area contributed by atoms with Crippen molar-refractivity contribution in [3.05, 3.63) is 57.7 Å². The number of hydrogen-bond acceptors (Lipinski definition) is 7. The normalized spacial score (nSPS) is 20.6. The van der Waals surface area contributed by atoms with E-state index in [0.717, 1.165) is 6.07 Å². The average Bonchev–Trinajstić information content (AvgIpc) is 2.68. The number of carbonyl (C=O) groups is 2. The Bertz CT molecular complexity index is 1210. The molecule has 1 aromatic carbocycles. The number of Topliss-reactive ketones (excluding diaryl/α,β-unsaturated/α-hetero) is 1. The van der Waals surface area contributed by atoms with Crippen LogP contribution in [0.25, 0.3) is 0 Å². The van der Waals surface area contributed by atoms with Crippen LogP contribution in [0.4, 0.5) is 36.2 Å². The molecule has 1 aromatic heterocycles. The zero-order valence-corrected chi connectivity index (χ0v) is 16.9. The van der Waals surface area contributed by atoms with Gasteiger partial charge in [-0.25, -0.2) is 18.2 Å². The molecule has 168 valence electrons. The molecule has 0 bridgehead atoms. The van der Waals surface area contributed by atoms with E-state index < -0.39 is 62.3 Å². The first kappa shape index (κ1) is 21.7. The van der Waals surface area contributed by atoms with Crippen molar-refractivity contribution >= 4 is 34.8 Å². The Hall–Kier alpha value is -3.48. The molecule has 0 spiro atoms. The van der Waals surface area contributed by atoms with Gasteiger partial charge in [0.15, 0.2) is 22.9 Å².